The number of hydrogen-bond donors (Lipinski definition) is 3. The second-order valence-electron chi connectivity index (χ2n) is 5.23. The molecule has 0 fully saturated rings. The average Bonchev–Trinajstić information content (AvgIpc) is 2.54. The molecule has 0 aliphatic rings. The Kier molecular flexibility index (Phi) is 5.73. The van der Waals surface area contributed by atoms with Crippen molar-refractivity contribution < 1.29 is 13.2 Å². The first-order valence-corrected chi connectivity index (χ1v) is 8.82. The molecule has 0 bridgehead atoms. The third kappa shape index (κ3) is 5.53. The number of nitrogens with one attached hydrogen (secondary N) is 1. The Morgan fingerprint density at radius 3 is 2.25 bits per heavy atom. The number of rotatable bonds is 6. The van der Waals surface area contributed by atoms with E-state index in [1.807, 2.05) is 12.1 Å². The van der Waals surface area contributed by atoms with Crippen LogP contribution in [0.5, 0.6) is 0 Å². The molecule has 0 aliphatic carbocycles. The molecule has 0 aromatic heterocycles. The number of sulfonamides is 1. The molecule has 0 spiro atoms. The van der Waals surface area contributed by atoms with Gasteiger partial charge in [0.2, 0.25) is 15.9 Å². The van der Waals surface area contributed by atoms with E-state index in [0.29, 0.717) is 18.7 Å². The first-order valence-electron chi connectivity index (χ1n) is 7.28. The van der Waals surface area contributed by atoms with Gasteiger partial charge in [0.1, 0.15) is 0 Å². The number of amides is 1. The molecular weight excluding hydrogens is 326 g/mol. The zero-order valence-corrected chi connectivity index (χ0v) is 13.8. The van der Waals surface area contributed by atoms with Crippen LogP contribution in [0.1, 0.15) is 11.1 Å². The zero-order valence-electron chi connectivity index (χ0n) is 13.0. The Balaban J connectivity index is 1.81. The smallest absolute Gasteiger partial charge is 0.244 e. The highest BCUT2D eigenvalue weighted by Crippen LogP contribution is 2.09. The van der Waals surface area contributed by atoms with Gasteiger partial charge < -0.3 is 11.1 Å². The number of benzene rings is 2. The molecule has 0 heterocycles. The maximum absolute atomic E-state index is 11.7. The van der Waals surface area contributed by atoms with Gasteiger partial charge in [0.25, 0.3) is 0 Å². The minimum Gasteiger partial charge on any atom is -0.399 e. The predicted octanol–water partition coefficient (Wildman–Crippen LogP) is 1.29. The summed E-state index contributed by atoms with van der Waals surface area (Å²) in [5.41, 5.74) is 8.06. The number of primary sulfonamides is 1. The molecule has 0 aliphatic heterocycles. The molecule has 0 radical (unpaired) electrons. The van der Waals surface area contributed by atoms with E-state index in [0.717, 1.165) is 11.1 Å². The van der Waals surface area contributed by atoms with Crippen molar-refractivity contribution in [3.63, 3.8) is 0 Å². The quantitative estimate of drug-likeness (QED) is 0.540. The van der Waals surface area contributed by atoms with Crippen LogP contribution in [0.25, 0.3) is 6.08 Å². The lowest BCUT2D eigenvalue weighted by molar-refractivity contribution is -0.116. The van der Waals surface area contributed by atoms with Gasteiger partial charge in [-0.15, -0.1) is 0 Å². The van der Waals surface area contributed by atoms with Crippen LogP contribution in [0.15, 0.2) is 59.5 Å². The summed E-state index contributed by atoms with van der Waals surface area (Å²) in [5.74, 6) is -0.201. The summed E-state index contributed by atoms with van der Waals surface area (Å²) in [7, 11) is -3.68. The fourth-order valence-electron chi connectivity index (χ4n) is 2.01. The van der Waals surface area contributed by atoms with E-state index >= 15 is 0 Å². The summed E-state index contributed by atoms with van der Waals surface area (Å²) >= 11 is 0. The largest absolute Gasteiger partial charge is 0.399 e. The molecule has 126 valence electrons. The van der Waals surface area contributed by atoms with Crippen LogP contribution >= 0.6 is 0 Å². The topological polar surface area (TPSA) is 115 Å². The Morgan fingerprint density at radius 2 is 1.67 bits per heavy atom. The van der Waals surface area contributed by atoms with E-state index in [-0.39, 0.29) is 10.8 Å². The third-order valence-electron chi connectivity index (χ3n) is 3.33. The minimum atomic E-state index is -3.68. The van der Waals surface area contributed by atoms with Gasteiger partial charge >= 0.3 is 0 Å². The van der Waals surface area contributed by atoms with E-state index in [4.69, 9.17) is 10.9 Å². The predicted molar refractivity (Wildman–Crippen MR) is 94.4 cm³/mol. The standard InChI is InChI=1S/C17H19N3O3S/c18-15-6-1-13(2-7-15)5-10-17(21)20-12-11-14-3-8-16(9-4-14)24(19,22)23/h1-10H,11-12,18H2,(H,20,21)(H2,19,22,23)/b10-5+. The van der Waals surface area contributed by atoms with E-state index in [2.05, 4.69) is 5.32 Å². The summed E-state index contributed by atoms with van der Waals surface area (Å²) in [4.78, 5) is 11.8. The van der Waals surface area contributed by atoms with Gasteiger partial charge in [-0.05, 0) is 47.9 Å². The number of nitrogen functional groups attached to an aromatic ring is 1. The maximum atomic E-state index is 11.7. The van der Waals surface area contributed by atoms with E-state index in [9.17, 15) is 13.2 Å². The van der Waals surface area contributed by atoms with Gasteiger partial charge in [-0.25, -0.2) is 13.6 Å². The van der Waals surface area contributed by atoms with Crippen molar-refractivity contribution in [1.29, 1.82) is 0 Å². The molecule has 0 unspecified atom stereocenters. The Bertz CT molecular complexity index is 826. The molecular formula is C17H19N3O3S. The van der Waals surface area contributed by atoms with Crippen molar-refractivity contribution in [3.8, 4) is 0 Å². The van der Waals surface area contributed by atoms with Gasteiger partial charge in [0.15, 0.2) is 0 Å². The highest BCUT2D eigenvalue weighted by molar-refractivity contribution is 7.89. The highest BCUT2D eigenvalue weighted by atomic mass is 32.2. The summed E-state index contributed by atoms with van der Waals surface area (Å²) in [6, 6.07) is 13.4. The third-order valence-corrected chi connectivity index (χ3v) is 4.26. The lowest BCUT2D eigenvalue weighted by Gasteiger charge is -2.04. The van der Waals surface area contributed by atoms with Crippen LogP contribution < -0.4 is 16.2 Å². The lowest BCUT2D eigenvalue weighted by Crippen LogP contribution is -2.23. The lowest BCUT2D eigenvalue weighted by atomic mass is 10.1. The van der Waals surface area contributed by atoms with Gasteiger partial charge in [0, 0.05) is 18.3 Å². The monoisotopic (exact) mass is 345 g/mol. The molecule has 5 N–H and O–H groups in total. The van der Waals surface area contributed by atoms with Crippen LogP contribution in [-0.2, 0) is 21.2 Å². The van der Waals surface area contributed by atoms with Crippen molar-refractivity contribution in [1.82, 2.24) is 5.32 Å². The first kappa shape index (κ1) is 17.7. The fraction of sp³-hybridized carbons (Fsp3) is 0.118. The van der Waals surface area contributed by atoms with Crippen LogP contribution in [0.2, 0.25) is 0 Å². The molecule has 2 rings (SSSR count). The van der Waals surface area contributed by atoms with Crippen molar-refractivity contribution >= 4 is 27.7 Å². The number of carbonyl (C=O) groups is 1. The van der Waals surface area contributed by atoms with Crippen molar-refractivity contribution in [2.75, 3.05) is 12.3 Å². The van der Waals surface area contributed by atoms with E-state index in [1.165, 1.54) is 18.2 Å². The summed E-state index contributed by atoms with van der Waals surface area (Å²) in [6.45, 7) is 0.444. The van der Waals surface area contributed by atoms with Gasteiger partial charge in [0.05, 0.1) is 4.90 Å². The van der Waals surface area contributed by atoms with Crippen molar-refractivity contribution in [3.05, 3.63) is 65.7 Å². The zero-order chi connectivity index (χ0) is 17.6. The fourth-order valence-corrected chi connectivity index (χ4v) is 2.53. The molecule has 1 amide bonds. The number of nitrogens with two attached hydrogens (primary N) is 2. The van der Waals surface area contributed by atoms with Crippen LogP contribution in [-0.4, -0.2) is 20.9 Å². The second-order valence-corrected chi connectivity index (χ2v) is 6.79. The van der Waals surface area contributed by atoms with Crippen molar-refractivity contribution in [2.24, 2.45) is 5.14 Å². The van der Waals surface area contributed by atoms with Crippen LogP contribution in [0.4, 0.5) is 5.69 Å². The summed E-state index contributed by atoms with van der Waals surface area (Å²) in [5, 5.41) is 7.80. The Morgan fingerprint density at radius 1 is 1.04 bits per heavy atom. The van der Waals surface area contributed by atoms with Crippen LogP contribution in [0.3, 0.4) is 0 Å². The molecule has 0 saturated heterocycles. The number of anilines is 1. The molecule has 2 aromatic rings. The Labute approximate surface area is 141 Å². The number of hydrogen-bond acceptors (Lipinski definition) is 4. The molecule has 2 aromatic carbocycles. The van der Waals surface area contributed by atoms with Crippen molar-refractivity contribution in [2.45, 2.75) is 11.3 Å². The van der Waals surface area contributed by atoms with Gasteiger partial charge in [-0.1, -0.05) is 24.3 Å². The molecule has 24 heavy (non-hydrogen) atoms. The summed E-state index contributed by atoms with van der Waals surface area (Å²) < 4.78 is 22.3. The van der Waals surface area contributed by atoms with E-state index in [1.54, 1.807) is 30.3 Å². The van der Waals surface area contributed by atoms with E-state index < -0.39 is 10.0 Å². The minimum absolute atomic E-state index is 0.0710. The molecule has 0 atom stereocenters. The second kappa shape index (κ2) is 7.76. The average molecular weight is 345 g/mol. The molecule has 6 nitrogen and oxygen atoms in total. The van der Waals surface area contributed by atoms with Crippen LogP contribution in [0, 0.1) is 0 Å². The molecule has 0 saturated carbocycles. The summed E-state index contributed by atoms with van der Waals surface area (Å²) in [6.07, 6.45) is 3.75. The normalized spacial score (nSPS) is 11.5. The highest BCUT2D eigenvalue weighted by Gasteiger charge is 2.06. The van der Waals surface area contributed by atoms with Gasteiger partial charge in [-0.3, -0.25) is 4.79 Å². The Hall–Kier alpha value is -2.64. The van der Waals surface area contributed by atoms with Gasteiger partial charge in [-0.2, -0.15) is 0 Å². The maximum Gasteiger partial charge on any atom is 0.244 e. The molecule has 7 heteroatoms. The first-order chi connectivity index (χ1) is 11.3. The SMILES string of the molecule is Nc1ccc(/C=C/C(=O)NCCc2ccc(S(N)(=O)=O)cc2)cc1. The number of carbonyl (C=O) groups excluding carboxylic acids is 1.